The summed E-state index contributed by atoms with van der Waals surface area (Å²) >= 11 is 1.30. The van der Waals surface area contributed by atoms with Gasteiger partial charge in [-0.05, 0) is 36.8 Å². The van der Waals surface area contributed by atoms with Gasteiger partial charge in [-0.3, -0.25) is 19.3 Å². The molecule has 0 saturated carbocycles. The number of nitrogens with zero attached hydrogens (tertiary/aromatic N) is 1. The highest BCUT2D eigenvalue weighted by atomic mass is 32.2. The van der Waals surface area contributed by atoms with E-state index in [2.05, 4.69) is 5.32 Å². The van der Waals surface area contributed by atoms with E-state index in [4.69, 9.17) is 0 Å². The monoisotopic (exact) mass is 366 g/mol. The minimum atomic E-state index is -0.289. The Bertz CT molecular complexity index is 889. The quantitative estimate of drug-likeness (QED) is 0.822. The smallest absolute Gasteiger partial charge is 0.268 e. The molecule has 132 valence electrons. The fourth-order valence-corrected chi connectivity index (χ4v) is 3.75. The summed E-state index contributed by atoms with van der Waals surface area (Å²) in [4.78, 5) is 39.2. The summed E-state index contributed by atoms with van der Waals surface area (Å²) in [6.45, 7) is 3.54. The van der Waals surface area contributed by atoms with Crippen molar-refractivity contribution in [3.05, 3.63) is 65.1 Å². The zero-order chi connectivity index (χ0) is 18.7. The lowest BCUT2D eigenvalue weighted by atomic mass is 10.1. The van der Waals surface area contributed by atoms with Gasteiger partial charge in [-0.2, -0.15) is 0 Å². The fourth-order valence-electron chi connectivity index (χ4n) is 2.72. The average molecular weight is 366 g/mol. The van der Waals surface area contributed by atoms with Gasteiger partial charge in [0.25, 0.3) is 11.8 Å². The summed E-state index contributed by atoms with van der Waals surface area (Å²) in [5, 5.41) is 2.69. The van der Waals surface area contributed by atoms with Gasteiger partial charge in [0.05, 0.1) is 10.5 Å². The molecule has 0 aliphatic carbocycles. The van der Waals surface area contributed by atoms with E-state index in [0.717, 1.165) is 4.90 Å². The molecule has 2 aromatic rings. The molecule has 6 heteroatoms. The molecule has 3 rings (SSSR count). The standard InChI is InChI=1S/C20H18N2O3S/c1-3-22-19(24)17(14-9-11-15(12-10-14)21-13(2)23)18(20(22)25)26-16-7-5-4-6-8-16/h4-12H,3H2,1-2H3,(H,21,23). The van der Waals surface area contributed by atoms with Crippen molar-refractivity contribution in [3.8, 4) is 0 Å². The van der Waals surface area contributed by atoms with Crippen LogP contribution in [0.15, 0.2) is 64.4 Å². The lowest BCUT2D eigenvalue weighted by Crippen LogP contribution is -2.31. The molecule has 1 aliphatic heterocycles. The van der Waals surface area contributed by atoms with Gasteiger partial charge in [0, 0.05) is 24.1 Å². The zero-order valence-electron chi connectivity index (χ0n) is 14.5. The van der Waals surface area contributed by atoms with E-state index >= 15 is 0 Å². The molecule has 0 unspecified atom stereocenters. The number of nitrogens with one attached hydrogen (secondary N) is 1. The van der Waals surface area contributed by atoms with Crippen molar-refractivity contribution in [3.63, 3.8) is 0 Å². The number of amides is 3. The summed E-state index contributed by atoms with van der Waals surface area (Å²) in [6.07, 6.45) is 0. The molecule has 2 aromatic carbocycles. The highest BCUT2D eigenvalue weighted by Crippen LogP contribution is 2.39. The number of likely N-dealkylation sites (N-methyl/N-ethyl adjacent to an activating group) is 1. The second kappa shape index (κ2) is 7.58. The molecular weight excluding hydrogens is 348 g/mol. The molecule has 26 heavy (non-hydrogen) atoms. The number of hydrogen-bond acceptors (Lipinski definition) is 4. The third-order valence-corrected chi connectivity index (χ3v) is 4.99. The molecular formula is C20H18N2O3S. The van der Waals surface area contributed by atoms with Crippen LogP contribution >= 0.6 is 11.8 Å². The van der Waals surface area contributed by atoms with Crippen LogP contribution < -0.4 is 5.32 Å². The summed E-state index contributed by atoms with van der Waals surface area (Å²) in [6, 6.07) is 16.4. The highest BCUT2D eigenvalue weighted by Gasteiger charge is 2.38. The number of carbonyl (C=O) groups is 3. The predicted octanol–water partition coefficient (Wildman–Crippen LogP) is 3.54. The molecule has 0 fully saturated rings. The van der Waals surface area contributed by atoms with Crippen molar-refractivity contribution in [1.82, 2.24) is 4.90 Å². The topological polar surface area (TPSA) is 66.5 Å². The Kier molecular flexibility index (Phi) is 5.23. The first-order valence-electron chi connectivity index (χ1n) is 8.22. The van der Waals surface area contributed by atoms with Gasteiger partial charge < -0.3 is 5.32 Å². The largest absolute Gasteiger partial charge is 0.326 e. The van der Waals surface area contributed by atoms with Gasteiger partial charge in [-0.25, -0.2) is 0 Å². The minimum absolute atomic E-state index is 0.165. The Hall–Kier alpha value is -2.86. The summed E-state index contributed by atoms with van der Waals surface area (Å²) in [7, 11) is 0. The molecule has 0 saturated heterocycles. The first-order valence-corrected chi connectivity index (χ1v) is 9.04. The second-order valence-corrected chi connectivity index (χ2v) is 6.82. The summed E-state index contributed by atoms with van der Waals surface area (Å²) in [5.41, 5.74) is 1.70. The van der Waals surface area contributed by atoms with Crippen molar-refractivity contribution in [2.45, 2.75) is 18.7 Å². The van der Waals surface area contributed by atoms with E-state index in [9.17, 15) is 14.4 Å². The Labute approximate surface area is 156 Å². The number of benzene rings is 2. The predicted molar refractivity (Wildman–Crippen MR) is 102 cm³/mol. The van der Waals surface area contributed by atoms with Gasteiger partial charge in [-0.1, -0.05) is 42.1 Å². The fraction of sp³-hybridized carbons (Fsp3) is 0.150. The van der Waals surface area contributed by atoms with Crippen molar-refractivity contribution in [2.75, 3.05) is 11.9 Å². The molecule has 3 amide bonds. The van der Waals surface area contributed by atoms with Crippen LogP contribution in [0, 0.1) is 0 Å². The first-order chi connectivity index (χ1) is 12.5. The van der Waals surface area contributed by atoms with E-state index in [1.54, 1.807) is 31.2 Å². The lowest BCUT2D eigenvalue weighted by molar-refractivity contribution is -0.136. The lowest BCUT2D eigenvalue weighted by Gasteiger charge is -2.11. The van der Waals surface area contributed by atoms with E-state index in [-0.39, 0.29) is 17.7 Å². The van der Waals surface area contributed by atoms with E-state index < -0.39 is 0 Å². The number of rotatable bonds is 5. The van der Waals surface area contributed by atoms with Crippen LogP contribution in [-0.4, -0.2) is 29.2 Å². The minimum Gasteiger partial charge on any atom is -0.326 e. The Morgan fingerprint density at radius 2 is 1.65 bits per heavy atom. The molecule has 1 aliphatic rings. The van der Waals surface area contributed by atoms with Crippen molar-refractivity contribution < 1.29 is 14.4 Å². The zero-order valence-corrected chi connectivity index (χ0v) is 15.3. The number of anilines is 1. The molecule has 0 aromatic heterocycles. The normalized spacial score (nSPS) is 14.2. The van der Waals surface area contributed by atoms with Crippen molar-refractivity contribution >= 4 is 40.7 Å². The molecule has 0 atom stereocenters. The van der Waals surface area contributed by atoms with Crippen LogP contribution in [0.5, 0.6) is 0 Å². The van der Waals surface area contributed by atoms with Crippen molar-refractivity contribution in [1.29, 1.82) is 0 Å². The van der Waals surface area contributed by atoms with Crippen LogP contribution in [0.25, 0.3) is 5.57 Å². The first kappa shape index (κ1) is 17.9. The average Bonchev–Trinajstić information content (AvgIpc) is 2.86. The summed E-state index contributed by atoms with van der Waals surface area (Å²) < 4.78 is 0. The van der Waals surface area contributed by atoms with Crippen molar-refractivity contribution in [2.24, 2.45) is 0 Å². The molecule has 0 spiro atoms. The number of carbonyl (C=O) groups excluding carboxylic acids is 3. The Morgan fingerprint density at radius 1 is 1.00 bits per heavy atom. The van der Waals surface area contributed by atoms with Gasteiger partial charge >= 0.3 is 0 Å². The van der Waals surface area contributed by atoms with Crippen LogP contribution in [-0.2, 0) is 14.4 Å². The van der Waals surface area contributed by atoms with Crippen LogP contribution in [0.3, 0.4) is 0 Å². The maximum atomic E-state index is 12.8. The SMILES string of the molecule is CCN1C(=O)C(Sc2ccccc2)=C(c2ccc(NC(C)=O)cc2)C1=O. The molecule has 1 heterocycles. The van der Waals surface area contributed by atoms with E-state index in [1.165, 1.54) is 23.6 Å². The number of hydrogen-bond donors (Lipinski definition) is 1. The Morgan fingerprint density at radius 3 is 2.23 bits per heavy atom. The molecule has 0 radical (unpaired) electrons. The highest BCUT2D eigenvalue weighted by molar-refractivity contribution is 8.04. The number of thioether (sulfide) groups is 1. The molecule has 0 bridgehead atoms. The van der Waals surface area contributed by atoms with Gasteiger partial charge in [-0.15, -0.1) is 0 Å². The molecule has 5 nitrogen and oxygen atoms in total. The van der Waals surface area contributed by atoms with Gasteiger partial charge in [0.1, 0.15) is 0 Å². The van der Waals surface area contributed by atoms with E-state index in [1.807, 2.05) is 30.3 Å². The molecule has 1 N–H and O–H groups in total. The Balaban J connectivity index is 2.01. The van der Waals surface area contributed by atoms with E-state index in [0.29, 0.717) is 28.3 Å². The summed E-state index contributed by atoms with van der Waals surface area (Å²) in [5.74, 6) is -0.725. The van der Waals surface area contributed by atoms with Gasteiger partial charge in [0.15, 0.2) is 0 Å². The third kappa shape index (κ3) is 3.55. The van der Waals surface area contributed by atoms with Crippen LogP contribution in [0.1, 0.15) is 19.4 Å². The van der Waals surface area contributed by atoms with Crippen LogP contribution in [0.2, 0.25) is 0 Å². The van der Waals surface area contributed by atoms with Gasteiger partial charge in [0.2, 0.25) is 5.91 Å². The second-order valence-electron chi connectivity index (χ2n) is 5.73. The maximum Gasteiger partial charge on any atom is 0.268 e. The van der Waals surface area contributed by atoms with Crippen LogP contribution in [0.4, 0.5) is 5.69 Å². The number of imide groups is 1. The maximum absolute atomic E-state index is 12.8. The third-order valence-electron chi connectivity index (χ3n) is 3.90.